The normalized spacial score (nSPS) is 14.5. The highest BCUT2D eigenvalue weighted by atomic mass is 16.3. The average molecular weight is 425 g/mol. The zero-order valence-corrected chi connectivity index (χ0v) is 17.9. The summed E-state index contributed by atoms with van der Waals surface area (Å²) in [7, 11) is 0. The van der Waals surface area contributed by atoms with Gasteiger partial charge in [0.25, 0.3) is 0 Å². The summed E-state index contributed by atoms with van der Waals surface area (Å²) in [5.41, 5.74) is 7.08. The highest BCUT2D eigenvalue weighted by Crippen LogP contribution is 2.42. The molecular weight excluding hydrogens is 400 g/mol. The molecule has 1 aliphatic carbocycles. The smallest absolute Gasteiger partial charge is 0.221 e. The Hall–Kier alpha value is -3.96. The number of carbonyl (C=O) groups is 2. The first-order valence-corrected chi connectivity index (χ1v) is 10.4. The number of rotatable bonds is 5. The van der Waals surface area contributed by atoms with Crippen LogP contribution in [-0.2, 0) is 9.59 Å². The molecule has 0 fully saturated rings. The predicted molar refractivity (Wildman–Crippen MR) is 129 cm³/mol. The van der Waals surface area contributed by atoms with Crippen molar-refractivity contribution in [3.63, 3.8) is 0 Å². The number of aliphatic hydroxyl groups excluding tert-OH is 1. The van der Waals surface area contributed by atoms with Crippen LogP contribution in [0.15, 0.2) is 78.9 Å². The summed E-state index contributed by atoms with van der Waals surface area (Å²) in [6.45, 7) is 2.95. The van der Waals surface area contributed by atoms with Gasteiger partial charge in [-0.15, -0.1) is 0 Å². The van der Waals surface area contributed by atoms with E-state index in [4.69, 9.17) is 0 Å². The number of benzene rings is 3. The summed E-state index contributed by atoms with van der Waals surface area (Å²) in [5.74, 6) is -0.238. The number of aliphatic hydroxyl groups is 1. The molecule has 0 heterocycles. The van der Waals surface area contributed by atoms with Gasteiger partial charge >= 0.3 is 0 Å². The molecule has 1 aliphatic rings. The first-order valence-electron chi connectivity index (χ1n) is 10.4. The van der Waals surface area contributed by atoms with Crippen molar-refractivity contribution in [2.45, 2.75) is 20.0 Å². The van der Waals surface area contributed by atoms with Crippen molar-refractivity contribution in [2.75, 3.05) is 10.6 Å². The summed E-state index contributed by atoms with van der Waals surface area (Å²) in [6.07, 6.45) is 3.28. The Kier molecular flexibility index (Phi) is 6.01. The average Bonchev–Trinajstić information content (AvgIpc) is 3.13. The molecule has 0 spiro atoms. The second kappa shape index (κ2) is 9.04. The fraction of sp³-hybridized carbons (Fsp3) is 0.111. The highest BCUT2D eigenvalue weighted by molar-refractivity contribution is 6.02. The van der Waals surface area contributed by atoms with Gasteiger partial charge in [0.05, 0.1) is 0 Å². The van der Waals surface area contributed by atoms with Crippen molar-refractivity contribution >= 4 is 40.4 Å². The number of amides is 2. The van der Waals surface area contributed by atoms with Crippen molar-refractivity contribution in [2.24, 2.45) is 0 Å². The van der Waals surface area contributed by atoms with E-state index in [9.17, 15) is 14.7 Å². The third-order valence-electron chi connectivity index (χ3n) is 5.25. The molecule has 0 saturated heterocycles. The van der Waals surface area contributed by atoms with Crippen LogP contribution in [0.5, 0.6) is 0 Å². The molecule has 32 heavy (non-hydrogen) atoms. The lowest BCUT2D eigenvalue weighted by molar-refractivity contribution is -0.115. The largest absolute Gasteiger partial charge is 0.384 e. The molecule has 3 N–H and O–H groups in total. The van der Waals surface area contributed by atoms with Crippen molar-refractivity contribution in [3.8, 4) is 0 Å². The molecule has 160 valence electrons. The molecule has 5 heteroatoms. The molecule has 0 aliphatic heterocycles. The Labute approximate surface area is 187 Å². The van der Waals surface area contributed by atoms with Gasteiger partial charge < -0.3 is 15.7 Å². The summed E-state index contributed by atoms with van der Waals surface area (Å²) < 4.78 is 0. The Bertz CT molecular complexity index is 1220. The molecule has 2 amide bonds. The van der Waals surface area contributed by atoms with E-state index in [0.717, 1.165) is 39.1 Å². The quantitative estimate of drug-likeness (QED) is 0.522. The highest BCUT2D eigenvalue weighted by Gasteiger charge is 2.24. The van der Waals surface area contributed by atoms with Crippen LogP contribution in [0.25, 0.3) is 17.2 Å². The minimum absolute atomic E-state index is 0.104. The van der Waals surface area contributed by atoms with Gasteiger partial charge in [-0.05, 0) is 69.8 Å². The van der Waals surface area contributed by atoms with Gasteiger partial charge in [-0.1, -0.05) is 48.5 Å². The SMILES string of the molecule is CC(=O)Nc1ccc(/C=C2\C=C(C(O)c3ccc(NC(C)=O)cc3)c3ccccc32)cc1. The van der Waals surface area contributed by atoms with Crippen LogP contribution in [0.1, 0.15) is 42.2 Å². The van der Waals surface area contributed by atoms with E-state index in [-0.39, 0.29) is 11.8 Å². The second-order valence-corrected chi connectivity index (χ2v) is 7.75. The second-order valence-electron chi connectivity index (χ2n) is 7.75. The van der Waals surface area contributed by atoms with Gasteiger partial charge in [0.2, 0.25) is 11.8 Å². The molecule has 5 nitrogen and oxygen atoms in total. The minimum Gasteiger partial charge on any atom is -0.384 e. The van der Waals surface area contributed by atoms with Gasteiger partial charge in [0, 0.05) is 25.2 Å². The number of hydrogen-bond donors (Lipinski definition) is 3. The van der Waals surface area contributed by atoms with Crippen LogP contribution in [-0.4, -0.2) is 16.9 Å². The fourth-order valence-corrected chi connectivity index (χ4v) is 3.83. The van der Waals surface area contributed by atoms with Gasteiger partial charge in [0.15, 0.2) is 0 Å². The topological polar surface area (TPSA) is 78.4 Å². The molecule has 3 aromatic carbocycles. The molecule has 4 rings (SSSR count). The summed E-state index contributed by atoms with van der Waals surface area (Å²) in [4.78, 5) is 22.5. The molecule has 0 radical (unpaired) electrons. The first-order chi connectivity index (χ1) is 15.4. The predicted octanol–water partition coefficient (Wildman–Crippen LogP) is 5.27. The van der Waals surface area contributed by atoms with Crippen LogP contribution in [0.2, 0.25) is 0 Å². The number of nitrogens with one attached hydrogen (secondary N) is 2. The zero-order chi connectivity index (χ0) is 22.7. The number of carbonyl (C=O) groups excluding carboxylic acids is 2. The summed E-state index contributed by atoms with van der Waals surface area (Å²) in [6, 6.07) is 22.8. The lowest BCUT2D eigenvalue weighted by Crippen LogP contribution is -2.06. The zero-order valence-electron chi connectivity index (χ0n) is 17.9. The molecular formula is C27H24N2O3. The minimum atomic E-state index is -0.796. The molecule has 0 saturated carbocycles. The third kappa shape index (κ3) is 4.68. The van der Waals surface area contributed by atoms with E-state index < -0.39 is 6.10 Å². The van der Waals surface area contributed by atoms with E-state index in [2.05, 4.69) is 16.7 Å². The van der Waals surface area contributed by atoms with Crippen LogP contribution in [0.4, 0.5) is 11.4 Å². The van der Waals surface area contributed by atoms with Gasteiger partial charge in [0.1, 0.15) is 6.10 Å². The number of allylic oxidation sites excluding steroid dienone is 2. The Morgan fingerprint density at radius 3 is 1.88 bits per heavy atom. The van der Waals surface area contributed by atoms with E-state index in [0.29, 0.717) is 5.69 Å². The monoisotopic (exact) mass is 424 g/mol. The maximum Gasteiger partial charge on any atom is 0.221 e. The first kappa shape index (κ1) is 21.3. The molecule has 1 unspecified atom stereocenters. The van der Waals surface area contributed by atoms with Gasteiger partial charge in [-0.3, -0.25) is 9.59 Å². The van der Waals surface area contributed by atoms with Crippen molar-refractivity contribution < 1.29 is 14.7 Å². The van der Waals surface area contributed by atoms with Crippen LogP contribution in [0, 0.1) is 0 Å². The molecule has 0 aromatic heterocycles. The van der Waals surface area contributed by atoms with Crippen LogP contribution < -0.4 is 10.6 Å². The Balaban J connectivity index is 1.64. The Morgan fingerprint density at radius 1 is 0.781 bits per heavy atom. The van der Waals surface area contributed by atoms with E-state index in [1.54, 1.807) is 12.1 Å². The summed E-state index contributed by atoms with van der Waals surface area (Å²) >= 11 is 0. The van der Waals surface area contributed by atoms with Crippen molar-refractivity contribution in [3.05, 3.63) is 101 Å². The maximum absolute atomic E-state index is 11.2. The Morgan fingerprint density at radius 2 is 1.31 bits per heavy atom. The van der Waals surface area contributed by atoms with E-state index >= 15 is 0 Å². The fourth-order valence-electron chi connectivity index (χ4n) is 3.83. The molecule has 3 aromatic rings. The number of hydrogen-bond acceptors (Lipinski definition) is 3. The van der Waals surface area contributed by atoms with Crippen molar-refractivity contribution in [1.29, 1.82) is 0 Å². The molecule has 1 atom stereocenters. The van der Waals surface area contributed by atoms with E-state index in [1.807, 2.05) is 66.7 Å². The lowest BCUT2D eigenvalue weighted by Gasteiger charge is -2.14. The number of fused-ring (bicyclic) bond motifs is 1. The molecule has 0 bridgehead atoms. The standard InChI is InChI=1S/C27H24N2O3/c1-17(30)28-22-11-7-19(8-12-22)15-21-16-26(25-6-4-3-5-24(21)25)27(32)20-9-13-23(14-10-20)29-18(2)31/h3-16,27,32H,1-2H3,(H,28,30)(H,29,31)/b21-15+. The third-order valence-corrected chi connectivity index (χ3v) is 5.25. The number of anilines is 2. The van der Waals surface area contributed by atoms with Crippen LogP contribution in [0.3, 0.4) is 0 Å². The maximum atomic E-state index is 11.2. The van der Waals surface area contributed by atoms with Gasteiger partial charge in [-0.2, -0.15) is 0 Å². The lowest BCUT2D eigenvalue weighted by atomic mass is 9.96. The van der Waals surface area contributed by atoms with E-state index in [1.165, 1.54) is 13.8 Å². The van der Waals surface area contributed by atoms with Crippen molar-refractivity contribution in [1.82, 2.24) is 0 Å². The van der Waals surface area contributed by atoms with Gasteiger partial charge in [-0.25, -0.2) is 0 Å². The van der Waals surface area contributed by atoms with Crippen LogP contribution >= 0.6 is 0 Å². The summed E-state index contributed by atoms with van der Waals surface area (Å²) in [5, 5.41) is 16.6.